The van der Waals surface area contributed by atoms with Crippen LogP contribution in [0.3, 0.4) is 0 Å². The van der Waals surface area contributed by atoms with Crippen molar-refractivity contribution in [3.05, 3.63) is 35.5 Å². The molecule has 1 amide bonds. The smallest absolute Gasteiger partial charge is 0.237 e. The molecule has 3 aromatic heterocycles. The van der Waals surface area contributed by atoms with E-state index in [0.717, 1.165) is 60.4 Å². The summed E-state index contributed by atoms with van der Waals surface area (Å²) in [4.78, 5) is 32.3. The summed E-state index contributed by atoms with van der Waals surface area (Å²) >= 11 is 1.40. The van der Waals surface area contributed by atoms with Crippen molar-refractivity contribution in [1.82, 2.24) is 24.8 Å². The lowest BCUT2D eigenvalue weighted by molar-refractivity contribution is -0.137. The number of hydrogen-bond acceptors (Lipinski definition) is 9. The van der Waals surface area contributed by atoms with Gasteiger partial charge >= 0.3 is 0 Å². The SMILES string of the molecule is O=C(CN1CCCCC1)N1[C@@H]2CC[C@H]1C[C@H](Nc1nc(Nc3ncc(CO)s3)cc3ncccc13)C2. The molecule has 3 saturated heterocycles. The summed E-state index contributed by atoms with van der Waals surface area (Å²) in [5.41, 5.74) is 0.855. The molecule has 0 unspecified atom stereocenters. The number of aromatic nitrogens is 3. The van der Waals surface area contributed by atoms with Gasteiger partial charge in [0.1, 0.15) is 11.6 Å². The van der Waals surface area contributed by atoms with Crippen molar-refractivity contribution in [2.45, 2.75) is 69.7 Å². The van der Waals surface area contributed by atoms with Crippen molar-refractivity contribution < 1.29 is 9.90 Å². The number of carbonyl (C=O) groups excluding carboxylic acids is 1. The maximum Gasteiger partial charge on any atom is 0.237 e. The molecule has 6 rings (SSSR count). The molecule has 3 aliphatic heterocycles. The normalized spacial score (nSPS) is 24.2. The van der Waals surface area contributed by atoms with E-state index >= 15 is 0 Å². The molecule has 9 nitrogen and oxygen atoms in total. The van der Waals surface area contributed by atoms with Gasteiger partial charge in [-0.25, -0.2) is 9.97 Å². The number of aliphatic hydroxyl groups excluding tert-OH is 1. The van der Waals surface area contributed by atoms with Crippen LogP contribution in [0.2, 0.25) is 0 Å². The van der Waals surface area contributed by atoms with E-state index in [1.807, 2.05) is 18.2 Å². The quantitative estimate of drug-likeness (QED) is 0.444. The number of hydrogen-bond donors (Lipinski definition) is 3. The zero-order valence-corrected chi connectivity index (χ0v) is 21.2. The number of amides is 1. The van der Waals surface area contributed by atoms with Crippen LogP contribution in [0.25, 0.3) is 10.9 Å². The van der Waals surface area contributed by atoms with E-state index in [1.165, 1.54) is 30.6 Å². The monoisotopic (exact) mass is 507 g/mol. The molecule has 0 saturated carbocycles. The van der Waals surface area contributed by atoms with Gasteiger partial charge in [-0.3, -0.25) is 14.7 Å². The Morgan fingerprint density at radius 3 is 2.69 bits per heavy atom. The number of rotatable bonds is 7. The number of likely N-dealkylation sites (tertiary alicyclic amines) is 1. The minimum absolute atomic E-state index is 0.0274. The van der Waals surface area contributed by atoms with Gasteiger partial charge in [0.25, 0.3) is 0 Å². The minimum Gasteiger partial charge on any atom is -0.391 e. The third-order valence-corrected chi connectivity index (χ3v) is 8.61. The molecule has 2 bridgehead atoms. The Labute approximate surface area is 215 Å². The highest BCUT2D eigenvalue weighted by atomic mass is 32.1. The highest BCUT2D eigenvalue weighted by Gasteiger charge is 2.43. The fourth-order valence-electron chi connectivity index (χ4n) is 6.08. The van der Waals surface area contributed by atoms with Gasteiger partial charge in [-0.2, -0.15) is 0 Å². The third-order valence-electron chi connectivity index (χ3n) is 7.71. The molecule has 10 heteroatoms. The van der Waals surface area contributed by atoms with Crippen LogP contribution >= 0.6 is 11.3 Å². The van der Waals surface area contributed by atoms with Crippen molar-refractivity contribution >= 4 is 44.9 Å². The molecule has 3 N–H and O–H groups in total. The summed E-state index contributed by atoms with van der Waals surface area (Å²) in [6, 6.07) is 6.76. The maximum atomic E-state index is 13.2. The van der Waals surface area contributed by atoms with Gasteiger partial charge in [-0.05, 0) is 63.7 Å². The van der Waals surface area contributed by atoms with Crippen LogP contribution in [0.1, 0.15) is 49.8 Å². The Kier molecular flexibility index (Phi) is 6.73. The van der Waals surface area contributed by atoms with Gasteiger partial charge < -0.3 is 20.6 Å². The number of anilines is 3. The fourth-order valence-corrected chi connectivity index (χ4v) is 6.76. The van der Waals surface area contributed by atoms with Gasteiger partial charge in [-0.1, -0.05) is 17.8 Å². The van der Waals surface area contributed by atoms with Gasteiger partial charge in [0.2, 0.25) is 5.91 Å². The molecule has 0 aliphatic carbocycles. The van der Waals surface area contributed by atoms with Crippen molar-refractivity contribution in [3.8, 4) is 0 Å². The zero-order chi connectivity index (χ0) is 24.5. The average Bonchev–Trinajstić information content (AvgIpc) is 3.46. The first-order valence-electron chi connectivity index (χ1n) is 13.0. The molecule has 0 spiro atoms. The van der Waals surface area contributed by atoms with Crippen LogP contribution in [0.15, 0.2) is 30.6 Å². The summed E-state index contributed by atoms with van der Waals surface area (Å²) in [5, 5.41) is 18.0. The first-order valence-corrected chi connectivity index (χ1v) is 13.9. The molecule has 0 radical (unpaired) electrons. The second-order valence-corrected chi connectivity index (χ2v) is 11.3. The van der Waals surface area contributed by atoms with Crippen molar-refractivity contribution in [2.75, 3.05) is 30.3 Å². The largest absolute Gasteiger partial charge is 0.391 e. The molecule has 3 aromatic rings. The van der Waals surface area contributed by atoms with Crippen LogP contribution in [0.4, 0.5) is 16.8 Å². The molecule has 3 atom stereocenters. The summed E-state index contributed by atoms with van der Waals surface area (Å²) < 4.78 is 0. The number of piperidine rings is 2. The Morgan fingerprint density at radius 2 is 1.94 bits per heavy atom. The molecule has 3 fully saturated rings. The number of aliphatic hydroxyl groups is 1. The summed E-state index contributed by atoms with van der Waals surface area (Å²) in [6.45, 7) is 2.66. The average molecular weight is 508 g/mol. The molecule has 36 heavy (non-hydrogen) atoms. The Balaban J connectivity index is 1.17. The van der Waals surface area contributed by atoms with E-state index < -0.39 is 0 Å². The molecule has 6 heterocycles. The van der Waals surface area contributed by atoms with Gasteiger partial charge in [0.15, 0.2) is 5.13 Å². The lowest BCUT2D eigenvalue weighted by Gasteiger charge is -2.40. The van der Waals surface area contributed by atoms with E-state index in [9.17, 15) is 9.90 Å². The molecular formula is C26H33N7O2S. The summed E-state index contributed by atoms with van der Waals surface area (Å²) in [6.07, 6.45) is 11.2. The second-order valence-electron chi connectivity index (χ2n) is 10.2. The summed E-state index contributed by atoms with van der Waals surface area (Å²) in [5.74, 6) is 1.78. The summed E-state index contributed by atoms with van der Waals surface area (Å²) in [7, 11) is 0. The Hall–Kier alpha value is -2.82. The highest BCUT2D eigenvalue weighted by Crippen LogP contribution is 2.38. The van der Waals surface area contributed by atoms with E-state index in [2.05, 4.69) is 30.4 Å². The Bertz CT molecular complexity index is 1210. The van der Waals surface area contributed by atoms with Gasteiger partial charge in [0.05, 0.1) is 23.5 Å². The number of nitrogens with zero attached hydrogens (tertiary/aromatic N) is 5. The lowest BCUT2D eigenvalue weighted by Crippen LogP contribution is -2.52. The molecular weight excluding hydrogens is 474 g/mol. The van der Waals surface area contributed by atoms with E-state index in [0.29, 0.717) is 35.5 Å². The number of carbonyl (C=O) groups is 1. The van der Waals surface area contributed by atoms with Gasteiger partial charge in [-0.15, -0.1) is 0 Å². The van der Waals surface area contributed by atoms with Crippen molar-refractivity contribution in [3.63, 3.8) is 0 Å². The van der Waals surface area contributed by atoms with Crippen molar-refractivity contribution in [1.29, 1.82) is 0 Å². The first-order chi connectivity index (χ1) is 17.7. The fraction of sp³-hybridized carbons (Fsp3) is 0.538. The predicted octanol–water partition coefficient (Wildman–Crippen LogP) is 3.74. The highest BCUT2D eigenvalue weighted by molar-refractivity contribution is 7.15. The lowest BCUT2D eigenvalue weighted by atomic mass is 9.96. The zero-order valence-electron chi connectivity index (χ0n) is 20.4. The molecule has 190 valence electrons. The first kappa shape index (κ1) is 23.6. The topological polar surface area (TPSA) is 107 Å². The molecule has 0 aromatic carbocycles. The minimum atomic E-state index is -0.0274. The van der Waals surface area contributed by atoms with Crippen molar-refractivity contribution in [2.24, 2.45) is 0 Å². The van der Waals surface area contributed by atoms with Crippen LogP contribution in [-0.2, 0) is 11.4 Å². The van der Waals surface area contributed by atoms with Crippen LogP contribution in [-0.4, -0.2) is 73.5 Å². The van der Waals surface area contributed by atoms with Crippen LogP contribution in [0.5, 0.6) is 0 Å². The molecule has 3 aliphatic rings. The van der Waals surface area contributed by atoms with E-state index in [1.54, 1.807) is 12.4 Å². The van der Waals surface area contributed by atoms with Gasteiger partial charge in [0, 0.05) is 42.0 Å². The van der Waals surface area contributed by atoms with Crippen LogP contribution < -0.4 is 10.6 Å². The number of pyridine rings is 2. The maximum absolute atomic E-state index is 13.2. The third kappa shape index (κ3) is 4.89. The number of fused-ring (bicyclic) bond motifs is 3. The van der Waals surface area contributed by atoms with E-state index in [4.69, 9.17) is 4.98 Å². The van der Waals surface area contributed by atoms with E-state index in [-0.39, 0.29) is 12.6 Å². The number of thiazole rings is 1. The number of nitrogens with one attached hydrogen (secondary N) is 2. The standard InChI is InChI=1S/C26H33N7O2S/c34-16-20-14-28-26(36-20)31-23-13-22-21(5-4-8-27-22)25(30-23)29-17-11-18-6-7-19(12-17)33(18)24(35)15-32-9-2-1-3-10-32/h4-5,8,13-14,17-19,34H,1-3,6-7,9-12,15-16H2,(H2,28,29,30,31)/t17-,18-,19+. The predicted molar refractivity (Wildman–Crippen MR) is 141 cm³/mol. The second kappa shape index (κ2) is 10.3. The van der Waals surface area contributed by atoms with Crippen LogP contribution in [0, 0.1) is 0 Å². The Morgan fingerprint density at radius 1 is 1.14 bits per heavy atom.